The lowest BCUT2D eigenvalue weighted by Gasteiger charge is -2.15. The maximum Gasteiger partial charge on any atom is 0.257 e. The summed E-state index contributed by atoms with van der Waals surface area (Å²) >= 11 is 3.32. The number of hydrogen-bond acceptors (Lipinski definition) is 7. The number of aromatic nitrogens is 5. The standard InChI is InChI=1S/C21H22N6OS2/c1-12-8-17(14(3)30-12)19-6-7-22-21(25-19)27-13(2)18(9-23-27)20(28)26(5)10-16-11-29-15(4)24-16/h6-9,11H,10H2,1-5H3. The van der Waals surface area contributed by atoms with Gasteiger partial charge in [-0.15, -0.1) is 22.7 Å². The minimum absolute atomic E-state index is 0.107. The molecule has 1 amide bonds. The summed E-state index contributed by atoms with van der Waals surface area (Å²) in [4.78, 5) is 30.6. The molecule has 0 aromatic carbocycles. The van der Waals surface area contributed by atoms with Gasteiger partial charge in [0.15, 0.2) is 0 Å². The van der Waals surface area contributed by atoms with Crippen molar-refractivity contribution in [3.05, 3.63) is 61.6 Å². The van der Waals surface area contributed by atoms with Crippen molar-refractivity contribution < 1.29 is 4.79 Å². The molecule has 0 fully saturated rings. The van der Waals surface area contributed by atoms with E-state index in [0.717, 1.165) is 22.0 Å². The van der Waals surface area contributed by atoms with E-state index in [1.165, 1.54) is 9.75 Å². The van der Waals surface area contributed by atoms with Crippen molar-refractivity contribution in [2.24, 2.45) is 0 Å². The van der Waals surface area contributed by atoms with E-state index in [1.807, 2.05) is 25.3 Å². The third-order valence-corrected chi connectivity index (χ3v) is 6.59. The number of nitrogens with zero attached hydrogens (tertiary/aromatic N) is 6. The molecule has 154 valence electrons. The first-order valence-corrected chi connectivity index (χ1v) is 11.1. The first kappa shape index (κ1) is 20.4. The summed E-state index contributed by atoms with van der Waals surface area (Å²) < 4.78 is 1.62. The van der Waals surface area contributed by atoms with Crippen LogP contribution in [0, 0.1) is 27.7 Å². The average Bonchev–Trinajstić information content (AvgIpc) is 3.39. The van der Waals surface area contributed by atoms with Gasteiger partial charge < -0.3 is 4.90 Å². The quantitative estimate of drug-likeness (QED) is 0.463. The largest absolute Gasteiger partial charge is 0.336 e. The second kappa shape index (κ2) is 8.08. The number of carbonyl (C=O) groups is 1. The molecular formula is C21H22N6OS2. The molecule has 0 N–H and O–H groups in total. The van der Waals surface area contributed by atoms with Gasteiger partial charge in [0.2, 0.25) is 0 Å². The number of aryl methyl sites for hydroxylation is 3. The number of hydrogen-bond donors (Lipinski definition) is 0. The Balaban J connectivity index is 1.61. The number of thiazole rings is 1. The van der Waals surface area contributed by atoms with Crippen LogP contribution in [0.4, 0.5) is 0 Å². The highest BCUT2D eigenvalue weighted by Gasteiger charge is 2.21. The van der Waals surface area contributed by atoms with Crippen molar-refractivity contribution in [3.8, 4) is 17.2 Å². The summed E-state index contributed by atoms with van der Waals surface area (Å²) in [7, 11) is 1.77. The molecule has 0 spiro atoms. The summed E-state index contributed by atoms with van der Waals surface area (Å²) in [6, 6.07) is 4.03. The molecular weight excluding hydrogens is 416 g/mol. The lowest BCUT2D eigenvalue weighted by molar-refractivity contribution is 0.0783. The monoisotopic (exact) mass is 438 g/mol. The number of thiophene rings is 1. The summed E-state index contributed by atoms with van der Waals surface area (Å²) in [5, 5.41) is 7.36. The Labute approximate surface area is 183 Å². The van der Waals surface area contributed by atoms with Gasteiger partial charge in [-0.3, -0.25) is 4.79 Å². The Bertz CT molecular complexity index is 1220. The molecule has 4 heterocycles. The van der Waals surface area contributed by atoms with Gasteiger partial charge in [0, 0.05) is 33.9 Å². The molecule has 0 aliphatic carbocycles. The molecule has 0 aliphatic heterocycles. The van der Waals surface area contributed by atoms with Crippen LogP contribution in [-0.2, 0) is 6.54 Å². The van der Waals surface area contributed by atoms with Crippen LogP contribution in [0.5, 0.6) is 0 Å². The zero-order chi connectivity index (χ0) is 21.4. The molecule has 0 bridgehead atoms. The van der Waals surface area contributed by atoms with Crippen LogP contribution in [0.25, 0.3) is 17.2 Å². The SMILES string of the molecule is Cc1cc(-c2ccnc(-n3ncc(C(=O)N(C)Cc4csc(C)n4)c3C)n2)c(C)s1. The Morgan fingerprint density at radius 2 is 2.00 bits per heavy atom. The van der Waals surface area contributed by atoms with Gasteiger partial charge >= 0.3 is 0 Å². The molecule has 4 aromatic rings. The lowest BCUT2D eigenvalue weighted by atomic mass is 10.2. The van der Waals surface area contributed by atoms with Gasteiger partial charge in [0.1, 0.15) is 0 Å². The Morgan fingerprint density at radius 1 is 1.20 bits per heavy atom. The highest BCUT2D eigenvalue weighted by atomic mass is 32.1. The molecule has 0 saturated heterocycles. The fraction of sp³-hybridized carbons (Fsp3) is 0.286. The molecule has 9 heteroatoms. The second-order valence-corrected chi connectivity index (χ2v) is 9.67. The predicted molar refractivity (Wildman–Crippen MR) is 119 cm³/mol. The minimum atomic E-state index is -0.107. The van der Waals surface area contributed by atoms with E-state index < -0.39 is 0 Å². The fourth-order valence-electron chi connectivity index (χ4n) is 3.31. The average molecular weight is 439 g/mol. The molecule has 0 saturated carbocycles. The highest BCUT2D eigenvalue weighted by Crippen LogP contribution is 2.29. The first-order chi connectivity index (χ1) is 14.3. The van der Waals surface area contributed by atoms with Crippen molar-refractivity contribution in [2.75, 3.05) is 7.05 Å². The first-order valence-electron chi connectivity index (χ1n) is 9.45. The lowest BCUT2D eigenvalue weighted by Crippen LogP contribution is -2.26. The van der Waals surface area contributed by atoms with Gasteiger partial charge in [-0.25, -0.2) is 19.6 Å². The van der Waals surface area contributed by atoms with Gasteiger partial charge in [0.05, 0.1) is 40.4 Å². The number of carbonyl (C=O) groups excluding carboxylic acids is 1. The Hall–Kier alpha value is -2.91. The summed E-state index contributed by atoms with van der Waals surface area (Å²) in [5.41, 5.74) is 4.06. The van der Waals surface area contributed by atoms with E-state index in [0.29, 0.717) is 23.8 Å². The van der Waals surface area contributed by atoms with E-state index in [1.54, 1.807) is 51.7 Å². The zero-order valence-corrected chi connectivity index (χ0v) is 19.1. The van der Waals surface area contributed by atoms with Crippen LogP contribution in [0.3, 0.4) is 0 Å². The van der Waals surface area contributed by atoms with Crippen molar-refractivity contribution in [2.45, 2.75) is 34.2 Å². The maximum atomic E-state index is 13.0. The Kier molecular flexibility index (Phi) is 5.48. The third kappa shape index (κ3) is 3.90. The molecule has 0 aliphatic rings. The highest BCUT2D eigenvalue weighted by molar-refractivity contribution is 7.12. The molecule has 30 heavy (non-hydrogen) atoms. The van der Waals surface area contributed by atoms with E-state index in [-0.39, 0.29) is 5.91 Å². The van der Waals surface area contributed by atoms with E-state index in [4.69, 9.17) is 4.98 Å². The number of amides is 1. The molecule has 4 rings (SSSR count). The fourth-order valence-corrected chi connectivity index (χ4v) is 4.85. The molecule has 7 nitrogen and oxygen atoms in total. The van der Waals surface area contributed by atoms with Crippen LogP contribution in [-0.4, -0.2) is 42.6 Å². The van der Waals surface area contributed by atoms with E-state index >= 15 is 0 Å². The maximum absolute atomic E-state index is 13.0. The van der Waals surface area contributed by atoms with Gasteiger partial charge in [-0.1, -0.05) is 0 Å². The molecule has 0 radical (unpaired) electrons. The molecule has 0 unspecified atom stereocenters. The molecule has 4 aromatic heterocycles. The van der Waals surface area contributed by atoms with Crippen molar-refractivity contribution >= 4 is 28.6 Å². The summed E-state index contributed by atoms with van der Waals surface area (Å²) in [6.45, 7) is 8.44. The van der Waals surface area contributed by atoms with Crippen LogP contribution in [0.15, 0.2) is 29.9 Å². The van der Waals surface area contributed by atoms with Gasteiger partial charge in [-0.05, 0) is 39.8 Å². The van der Waals surface area contributed by atoms with Crippen molar-refractivity contribution in [1.82, 2.24) is 29.6 Å². The van der Waals surface area contributed by atoms with Crippen molar-refractivity contribution in [1.29, 1.82) is 0 Å². The smallest absolute Gasteiger partial charge is 0.257 e. The predicted octanol–water partition coefficient (Wildman–Crippen LogP) is 4.35. The van der Waals surface area contributed by atoms with Crippen LogP contribution >= 0.6 is 22.7 Å². The van der Waals surface area contributed by atoms with E-state index in [9.17, 15) is 4.79 Å². The number of rotatable bonds is 5. The normalized spacial score (nSPS) is 11.1. The minimum Gasteiger partial charge on any atom is -0.336 e. The van der Waals surface area contributed by atoms with Gasteiger partial charge in [0.25, 0.3) is 11.9 Å². The van der Waals surface area contributed by atoms with Gasteiger partial charge in [-0.2, -0.15) is 5.10 Å². The topological polar surface area (TPSA) is 76.8 Å². The van der Waals surface area contributed by atoms with Crippen molar-refractivity contribution in [3.63, 3.8) is 0 Å². The third-order valence-electron chi connectivity index (χ3n) is 4.80. The zero-order valence-electron chi connectivity index (χ0n) is 17.5. The van der Waals surface area contributed by atoms with E-state index in [2.05, 4.69) is 35.0 Å². The second-order valence-electron chi connectivity index (χ2n) is 7.14. The Morgan fingerprint density at radius 3 is 2.67 bits per heavy atom. The summed E-state index contributed by atoms with van der Waals surface area (Å²) in [6.07, 6.45) is 3.31. The van der Waals surface area contributed by atoms with Crippen LogP contribution in [0.2, 0.25) is 0 Å². The summed E-state index contributed by atoms with van der Waals surface area (Å²) in [5.74, 6) is 0.343. The van der Waals surface area contributed by atoms with Crippen LogP contribution in [0.1, 0.15) is 36.5 Å². The molecule has 0 atom stereocenters. The van der Waals surface area contributed by atoms with Crippen LogP contribution < -0.4 is 0 Å².